The third-order valence-electron chi connectivity index (χ3n) is 2.61. The van der Waals surface area contributed by atoms with Gasteiger partial charge in [0.15, 0.2) is 0 Å². The number of anilines is 1. The van der Waals surface area contributed by atoms with Gasteiger partial charge in [0.2, 0.25) is 0 Å². The van der Waals surface area contributed by atoms with Crippen molar-refractivity contribution in [2.45, 2.75) is 6.92 Å². The van der Waals surface area contributed by atoms with Crippen LogP contribution in [0.1, 0.15) is 15.9 Å². The summed E-state index contributed by atoms with van der Waals surface area (Å²) in [7, 11) is 1.37. The van der Waals surface area contributed by atoms with E-state index in [0.29, 0.717) is 30.4 Å². The zero-order chi connectivity index (χ0) is 13.5. The van der Waals surface area contributed by atoms with Gasteiger partial charge in [-0.25, -0.2) is 4.79 Å². The van der Waals surface area contributed by atoms with Crippen molar-refractivity contribution in [3.05, 3.63) is 29.3 Å². The zero-order valence-electron chi connectivity index (χ0n) is 10.6. The number of methoxy groups -OCH3 is 1. The molecule has 0 aliphatic heterocycles. The van der Waals surface area contributed by atoms with Crippen LogP contribution in [0.4, 0.5) is 5.69 Å². The molecule has 0 spiro atoms. The van der Waals surface area contributed by atoms with Gasteiger partial charge in [-0.3, -0.25) is 0 Å². The van der Waals surface area contributed by atoms with Gasteiger partial charge in [0.25, 0.3) is 0 Å². The molecule has 0 radical (unpaired) electrons. The minimum Gasteiger partial charge on any atom is -0.465 e. The van der Waals surface area contributed by atoms with E-state index in [4.69, 9.17) is 27.9 Å². The molecule has 0 bridgehead atoms. The fourth-order valence-electron chi connectivity index (χ4n) is 1.74. The molecule has 0 fully saturated rings. The molecule has 0 N–H and O–H groups in total. The van der Waals surface area contributed by atoms with Gasteiger partial charge in [0.05, 0.1) is 18.4 Å². The van der Waals surface area contributed by atoms with E-state index in [1.807, 2.05) is 24.0 Å². The number of nitrogens with zero attached hydrogens (tertiary/aromatic N) is 1. The maximum Gasteiger partial charge on any atom is 0.339 e. The number of benzene rings is 1. The van der Waals surface area contributed by atoms with Crippen molar-refractivity contribution in [1.29, 1.82) is 0 Å². The van der Waals surface area contributed by atoms with Crippen LogP contribution in [0.25, 0.3) is 0 Å². The first-order valence-electron chi connectivity index (χ1n) is 5.70. The van der Waals surface area contributed by atoms with E-state index in [-0.39, 0.29) is 5.97 Å². The highest BCUT2D eigenvalue weighted by atomic mass is 35.5. The molecule has 0 atom stereocenters. The molecule has 0 heterocycles. The lowest BCUT2D eigenvalue weighted by Crippen LogP contribution is -2.29. The number of hydrogen-bond acceptors (Lipinski definition) is 3. The van der Waals surface area contributed by atoms with Gasteiger partial charge >= 0.3 is 5.97 Å². The molecule has 0 aromatic heterocycles. The average Bonchev–Trinajstić information content (AvgIpc) is 2.37. The quantitative estimate of drug-likeness (QED) is 0.595. The van der Waals surface area contributed by atoms with Gasteiger partial charge in [-0.2, -0.15) is 0 Å². The number of rotatable bonds is 6. The molecule has 0 saturated heterocycles. The Bertz CT molecular complexity index is 404. The van der Waals surface area contributed by atoms with Crippen molar-refractivity contribution < 1.29 is 9.53 Å². The molecule has 3 nitrogen and oxygen atoms in total. The fourth-order valence-corrected chi connectivity index (χ4v) is 2.15. The number of alkyl halides is 2. The van der Waals surface area contributed by atoms with Crippen molar-refractivity contribution in [2.75, 3.05) is 36.9 Å². The van der Waals surface area contributed by atoms with E-state index in [0.717, 1.165) is 11.3 Å². The smallest absolute Gasteiger partial charge is 0.339 e. The molecule has 1 rings (SSSR count). The lowest BCUT2D eigenvalue weighted by Gasteiger charge is -2.25. The molecule has 1 aromatic carbocycles. The second-order valence-electron chi connectivity index (χ2n) is 3.88. The van der Waals surface area contributed by atoms with Crippen LogP contribution in [-0.2, 0) is 4.74 Å². The second-order valence-corrected chi connectivity index (χ2v) is 4.63. The third kappa shape index (κ3) is 3.79. The highest BCUT2D eigenvalue weighted by Gasteiger charge is 2.16. The second kappa shape index (κ2) is 7.49. The number of halogens is 2. The fraction of sp³-hybridized carbons (Fsp3) is 0.462. The van der Waals surface area contributed by atoms with Crippen LogP contribution in [0.15, 0.2) is 18.2 Å². The lowest BCUT2D eigenvalue weighted by atomic mass is 10.1. The van der Waals surface area contributed by atoms with Crippen LogP contribution in [0.3, 0.4) is 0 Å². The van der Waals surface area contributed by atoms with Gasteiger partial charge in [-0.1, -0.05) is 6.07 Å². The highest BCUT2D eigenvalue weighted by Crippen LogP contribution is 2.23. The predicted octanol–water partition coefficient (Wildman–Crippen LogP) is 3.07. The molecule has 0 saturated carbocycles. The van der Waals surface area contributed by atoms with E-state index in [2.05, 4.69) is 0 Å². The lowest BCUT2D eigenvalue weighted by molar-refractivity contribution is 0.0601. The number of esters is 1. The molecule has 0 unspecified atom stereocenters. The van der Waals surface area contributed by atoms with Gasteiger partial charge in [-0.05, 0) is 24.6 Å². The molecular formula is C13H17Cl2NO2. The topological polar surface area (TPSA) is 29.5 Å². The van der Waals surface area contributed by atoms with E-state index in [9.17, 15) is 4.79 Å². The van der Waals surface area contributed by atoms with Crippen LogP contribution < -0.4 is 4.90 Å². The van der Waals surface area contributed by atoms with Crippen molar-refractivity contribution >= 4 is 34.9 Å². The van der Waals surface area contributed by atoms with E-state index >= 15 is 0 Å². The predicted molar refractivity (Wildman–Crippen MR) is 76.2 cm³/mol. The molecule has 5 heteroatoms. The van der Waals surface area contributed by atoms with Gasteiger partial charge in [0.1, 0.15) is 0 Å². The number of ether oxygens (including phenoxy) is 1. The Morgan fingerprint density at radius 1 is 1.28 bits per heavy atom. The number of carbonyl (C=O) groups is 1. The van der Waals surface area contributed by atoms with Crippen LogP contribution in [0, 0.1) is 6.92 Å². The number of carbonyl (C=O) groups excluding carboxylic acids is 1. The first-order chi connectivity index (χ1) is 8.63. The maximum absolute atomic E-state index is 11.7. The number of aryl methyl sites for hydroxylation is 1. The first-order valence-corrected chi connectivity index (χ1v) is 6.76. The molecule has 0 aliphatic rings. The first kappa shape index (κ1) is 15.1. The van der Waals surface area contributed by atoms with Crippen molar-refractivity contribution in [1.82, 2.24) is 0 Å². The Balaban J connectivity index is 3.16. The third-order valence-corrected chi connectivity index (χ3v) is 2.95. The van der Waals surface area contributed by atoms with Crippen LogP contribution in [-0.4, -0.2) is 37.9 Å². The highest BCUT2D eigenvalue weighted by molar-refractivity contribution is 6.18. The molecule has 0 aliphatic carbocycles. The van der Waals surface area contributed by atoms with E-state index < -0.39 is 0 Å². The zero-order valence-corrected chi connectivity index (χ0v) is 12.1. The average molecular weight is 290 g/mol. The minimum absolute atomic E-state index is 0.348. The van der Waals surface area contributed by atoms with E-state index in [1.165, 1.54) is 7.11 Å². The van der Waals surface area contributed by atoms with Crippen LogP contribution in [0.5, 0.6) is 0 Å². The Morgan fingerprint density at radius 2 is 1.89 bits per heavy atom. The Morgan fingerprint density at radius 3 is 2.39 bits per heavy atom. The Kier molecular flexibility index (Phi) is 6.30. The summed E-state index contributed by atoms with van der Waals surface area (Å²) in [4.78, 5) is 13.7. The summed E-state index contributed by atoms with van der Waals surface area (Å²) in [6.45, 7) is 3.26. The molecule has 0 amide bonds. The summed E-state index contributed by atoms with van der Waals surface area (Å²) < 4.78 is 4.79. The van der Waals surface area contributed by atoms with Crippen molar-refractivity contribution in [2.24, 2.45) is 0 Å². The Labute approximate surface area is 118 Å². The largest absolute Gasteiger partial charge is 0.465 e. The molecule has 1 aromatic rings. The van der Waals surface area contributed by atoms with Gasteiger partial charge in [0, 0.05) is 24.8 Å². The summed E-state index contributed by atoms with van der Waals surface area (Å²) in [6, 6.07) is 5.60. The van der Waals surface area contributed by atoms with Crippen LogP contribution in [0.2, 0.25) is 0 Å². The maximum atomic E-state index is 11.7. The summed E-state index contributed by atoms with van der Waals surface area (Å²) in [6.07, 6.45) is 0. The number of hydrogen-bond donors (Lipinski definition) is 0. The summed E-state index contributed by atoms with van der Waals surface area (Å²) >= 11 is 11.6. The molecular weight excluding hydrogens is 273 g/mol. The minimum atomic E-state index is -0.348. The molecule has 18 heavy (non-hydrogen) atoms. The van der Waals surface area contributed by atoms with Crippen molar-refractivity contribution in [3.8, 4) is 0 Å². The Hall–Kier alpha value is -0.930. The monoisotopic (exact) mass is 289 g/mol. The van der Waals surface area contributed by atoms with Crippen LogP contribution >= 0.6 is 23.2 Å². The summed E-state index contributed by atoms with van der Waals surface area (Å²) in [5.41, 5.74) is 2.44. The van der Waals surface area contributed by atoms with Gasteiger partial charge < -0.3 is 9.64 Å². The standard InChI is InChI=1S/C13H17Cl2NO2/c1-10-3-4-11(13(17)18-2)12(9-10)16(7-5-14)8-6-15/h3-4,9H,5-8H2,1-2H3. The summed E-state index contributed by atoms with van der Waals surface area (Å²) in [5, 5.41) is 0. The van der Waals surface area contributed by atoms with Gasteiger partial charge in [-0.15, -0.1) is 23.2 Å². The summed E-state index contributed by atoms with van der Waals surface area (Å²) in [5.74, 6) is 0.607. The molecule has 100 valence electrons. The van der Waals surface area contributed by atoms with Crippen molar-refractivity contribution in [3.63, 3.8) is 0 Å². The SMILES string of the molecule is COC(=O)c1ccc(C)cc1N(CCCl)CCCl. The normalized spacial score (nSPS) is 10.2. The van der Waals surface area contributed by atoms with E-state index in [1.54, 1.807) is 6.07 Å².